The van der Waals surface area contributed by atoms with E-state index in [0.717, 1.165) is 11.3 Å². The van der Waals surface area contributed by atoms with Crippen LogP contribution < -0.4 is 5.32 Å². The van der Waals surface area contributed by atoms with Gasteiger partial charge < -0.3 is 19.9 Å². The minimum atomic E-state index is -0.686. The summed E-state index contributed by atoms with van der Waals surface area (Å²) < 4.78 is 5.27. The molecule has 0 unspecified atom stereocenters. The Morgan fingerprint density at radius 1 is 0.969 bits per heavy atom. The fourth-order valence-electron chi connectivity index (χ4n) is 3.55. The molecule has 1 N–H and O–H groups in total. The minimum absolute atomic E-state index is 0.00109. The van der Waals surface area contributed by atoms with Gasteiger partial charge in [-0.3, -0.25) is 14.6 Å². The lowest BCUT2D eigenvalue weighted by Crippen LogP contribution is -2.57. The molecule has 3 amide bonds. The molecule has 0 aliphatic carbocycles. The maximum atomic E-state index is 13.1. The predicted molar refractivity (Wildman–Crippen MR) is 119 cm³/mol. The molecule has 3 rings (SSSR count). The first-order valence-corrected chi connectivity index (χ1v) is 10.9. The van der Waals surface area contributed by atoms with E-state index in [1.165, 1.54) is 0 Å². The predicted octanol–water partition coefficient (Wildman–Crippen LogP) is 2.25. The third-order valence-electron chi connectivity index (χ3n) is 5.42. The van der Waals surface area contributed by atoms with Crippen molar-refractivity contribution in [3.05, 3.63) is 66.0 Å². The molecule has 1 aliphatic heterocycles. The van der Waals surface area contributed by atoms with Gasteiger partial charge >= 0.3 is 6.09 Å². The number of nitrogens with zero attached hydrogens (tertiary/aromatic N) is 3. The van der Waals surface area contributed by atoms with Crippen molar-refractivity contribution in [2.45, 2.75) is 32.9 Å². The van der Waals surface area contributed by atoms with Gasteiger partial charge in [0, 0.05) is 38.1 Å². The molecule has 0 bridgehead atoms. The molecule has 8 nitrogen and oxygen atoms in total. The Balaban J connectivity index is 1.48. The van der Waals surface area contributed by atoms with Gasteiger partial charge in [0.05, 0.1) is 6.42 Å². The minimum Gasteiger partial charge on any atom is -0.445 e. The van der Waals surface area contributed by atoms with E-state index in [1.54, 1.807) is 16.0 Å². The van der Waals surface area contributed by atoms with Crippen LogP contribution in [0.25, 0.3) is 0 Å². The standard InChI is InChI=1S/C24H30N4O4/c1-18(2)22(26-24(31)32-17-19-8-4-3-5-9-19)23(30)28-14-12-27(13-15-28)21(29)16-20-10-6-7-11-25-20/h3-11,18,22H,12-17H2,1-2H3,(H,26,31)/t22-/m0/s1. The first-order valence-electron chi connectivity index (χ1n) is 10.9. The molecule has 1 saturated heterocycles. The zero-order valence-electron chi connectivity index (χ0n) is 18.6. The Bertz CT molecular complexity index is 897. The molecule has 0 radical (unpaired) electrons. The Hall–Kier alpha value is -3.42. The van der Waals surface area contributed by atoms with Gasteiger partial charge in [-0.15, -0.1) is 0 Å². The van der Waals surface area contributed by atoms with E-state index >= 15 is 0 Å². The number of amides is 3. The number of nitrogens with one attached hydrogen (secondary N) is 1. The van der Waals surface area contributed by atoms with Crippen molar-refractivity contribution in [2.24, 2.45) is 5.92 Å². The highest BCUT2D eigenvalue weighted by molar-refractivity contribution is 5.86. The monoisotopic (exact) mass is 438 g/mol. The molecule has 1 atom stereocenters. The quantitative estimate of drug-likeness (QED) is 0.716. The van der Waals surface area contributed by atoms with Crippen molar-refractivity contribution in [3.8, 4) is 0 Å². The normalized spacial score (nSPS) is 14.7. The average molecular weight is 439 g/mol. The summed E-state index contributed by atoms with van der Waals surface area (Å²) in [4.78, 5) is 45.5. The van der Waals surface area contributed by atoms with Gasteiger partial charge in [0.2, 0.25) is 11.8 Å². The third-order valence-corrected chi connectivity index (χ3v) is 5.42. The van der Waals surface area contributed by atoms with Crippen LogP contribution in [-0.4, -0.2) is 64.9 Å². The zero-order valence-corrected chi connectivity index (χ0v) is 18.6. The lowest BCUT2D eigenvalue weighted by molar-refractivity contribution is -0.141. The van der Waals surface area contributed by atoms with Gasteiger partial charge in [-0.25, -0.2) is 4.79 Å². The first kappa shape index (κ1) is 23.2. The molecule has 32 heavy (non-hydrogen) atoms. The summed E-state index contributed by atoms with van der Waals surface area (Å²) in [5.41, 5.74) is 1.61. The second-order valence-electron chi connectivity index (χ2n) is 8.13. The van der Waals surface area contributed by atoms with Crippen LogP contribution in [0.4, 0.5) is 4.79 Å². The maximum absolute atomic E-state index is 13.1. The summed E-state index contributed by atoms with van der Waals surface area (Å²) in [6.45, 7) is 5.68. The molecule has 1 aromatic carbocycles. The summed E-state index contributed by atoms with van der Waals surface area (Å²) in [5.74, 6) is -0.261. The topological polar surface area (TPSA) is 91.8 Å². The molecule has 2 heterocycles. The number of benzene rings is 1. The van der Waals surface area contributed by atoms with Crippen LogP contribution in [0.2, 0.25) is 0 Å². The van der Waals surface area contributed by atoms with Gasteiger partial charge in [0.25, 0.3) is 0 Å². The van der Waals surface area contributed by atoms with E-state index in [1.807, 2.05) is 62.4 Å². The second-order valence-corrected chi connectivity index (χ2v) is 8.13. The number of ether oxygens (including phenoxy) is 1. The van der Waals surface area contributed by atoms with Crippen LogP contribution in [0.5, 0.6) is 0 Å². The zero-order chi connectivity index (χ0) is 22.9. The number of piperazine rings is 1. The Labute approximate surface area is 188 Å². The second kappa shape index (κ2) is 11.3. The molecular formula is C24H30N4O4. The van der Waals surface area contributed by atoms with Gasteiger partial charge in [-0.1, -0.05) is 50.2 Å². The molecule has 170 valence electrons. The summed E-state index contributed by atoms with van der Waals surface area (Å²) in [6, 6.07) is 14.2. The molecule has 1 fully saturated rings. The van der Waals surface area contributed by atoms with Gasteiger partial charge in [0.1, 0.15) is 12.6 Å². The first-order chi connectivity index (χ1) is 15.4. The SMILES string of the molecule is CC(C)[C@H](NC(=O)OCc1ccccc1)C(=O)N1CCN(C(=O)Cc2ccccn2)CC1. The average Bonchev–Trinajstić information content (AvgIpc) is 2.82. The summed E-state index contributed by atoms with van der Waals surface area (Å²) >= 11 is 0. The van der Waals surface area contributed by atoms with Crippen LogP contribution in [0, 0.1) is 5.92 Å². The molecule has 1 aliphatic rings. The lowest BCUT2D eigenvalue weighted by Gasteiger charge is -2.37. The summed E-state index contributed by atoms with van der Waals surface area (Å²) in [5, 5.41) is 2.71. The number of aromatic nitrogens is 1. The highest BCUT2D eigenvalue weighted by Gasteiger charge is 2.32. The molecule has 0 saturated carbocycles. The number of carbonyl (C=O) groups is 3. The van der Waals surface area contributed by atoms with Crippen LogP contribution in [-0.2, 0) is 27.4 Å². The fraction of sp³-hybridized carbons (Fsp3) is 0.417. The van der Waals surface area contributed by atoms with Crippen molar-refractivity contribution < 1.29 is 19.1 Å². The molecular weight excluding hydrogens is 408 g/mol. The number of alkyl carbamates (subject to hydrolysis) is 1. The summed E-state index contributed by atoms with van der Waals surface area (Å²) in [7, 11) is 0. The smallest absolute Gasteiger partial charge is 0.408 e. The van der Waals surface area contributed by atoms with Crippen molar-refractivity contribution in [1.29, 1.82) is 0 Å². The number of pyridine rings is 1. The number of hydrogen-bond donors (Lipinski definition) is 1. The van der Waals surface area contributed by atoms with Crippen molar-refractivity contribution >= 4 is 17.9 Å². The number of carbonyl (C=O) groups excluding carboxylic acids is 3. The Morgan fingerprint density at radius 3 is 2.25 bits per heavy atom. The van der Waals surface area contributed by atoms with E-state index in [9.17, 15) is 14.4 Å². The van der Waals surface area contributed by atoms with Gasteiger partial charge in [-0.2, -0.15) is 0 Å². The van der Waals surface area contributed by atoms with Crippen LogP contribution >= 0.6 is 0 Å². The highest BCUT2D eigenvalue weighted by atomic mass is 16.5. The lowest BCUT2D eigenvalue weighted by atomic mass is 10.0. The molecule has 2 aromatic rings. The maximum Gasteiger partial charge on any atom is 0.408 e. The van der Waals surface area contributed by atoms with E-state index in [4.69, 9.17) is 4.74 Å². The van der Waals surface area contributed by atoms with E-state index in [0.29, 0.717) is 26.2 Å². The molecule has 8 heteroatoms. The van der Waals surface area contributed by atoms with Crippen molar-refractivity contribution in [3.63, 3.8) is 0 Å². The third kappa shape index (κ3) is 6.54. The Morgan fingerprint density at radius 2 is 1.62 bits per heavy atom. The Kier molecular flexibility index (Phi) is 8.19. The number of hydrogen-bond acceptors (Lipinski definition) is 5. The molecule has 1 aromatic heterocycles. The summed E-state index contributed by atoms with van der Waals surface area (Å²) in [6.07, 6.45) is 1.30. The van der Waals surface area contributed by atoms with Crippen molar-refractivity contribution in [2.75, 3.05) is 26.2 Å². The van der Waals surface area contributed by atoms with E-state index < -0.39 is 12.1 Å². The van der Waals surface area contributed by atoms with Gasteiger partial charge in [0.15, 0.2) is 0 Å². The van der Waals surface area contributed by atoms with Crippen LogP contribution in [0.15, 0.2) is 54.7 Å². The fourth-order valence-corrected chi connectivity index (χ4v) is 3.55. The molecule has 0 spiro atoms. The number of rotatable bonds is 7. The van der Waals surface area contributed by atoms with Crippen LogP contribution in [0.3, 0.4) is 0 Å². The van der Waals surface area contributed by atoms with E-state index in [2.05, 4.69) is 10.3 Å². The van der Waals surface area contributed by atoms with Crippen molar-refractivity contribution in [1.82, 2.24) is 20.1 Å². The van der Waals surface area contributed by atoms with Gasteiger partial charge in [-0.05, 0) is 23.6 Å². The van der Waals surface area contributed by atoms with Crippen LogP contribution in [0.1, 0.15) is 25.1 Å². The highest BCUT2D eigenvalue weighted by Crippen LogP contribution is 2.12. The largest absolute Gasteiger partial charge is 0.445 e. The van der Waals surface area contributed by atoms with E-state index in [-0.39, 0.29) is 30.8 Å².